The van der Waals surface area contributed by atoms with Gasteiger partial charge in [-0.15, -0.1) is 11.3 Å². The standard InChI is InChI=1S/C14H24N2S/c1-3-5-14(6-7-15-10-14)11-16-9-13-12(2)4-8-17-13/h4,8,15-16H,3,5-7,9-11H2,1-2H3. The van der Waals surface area contributed by atoms with Crippen LogP contribution < -0.4 is 10.6 Å². The third kappa shape index (κ3) is 3.30. The molecule has 2 N–H and O–H groups in total. The maximum Gasteiger partial charge on any atom is 0.0302 e. The van der Waals surface area contributed by atoms with Gasteiger partial charge in [0.05, 0.1) is 0 Å². The number of rotatable bonds is 6. The summed E-state index contributed by atoms with van der Waals surface area (Å²) in [6, 6.07) is 2.21. The summed E-state index contributed by atoms with van der Waals surface area (Å²) in [4.78, 5) is 1.49. The van der Waals surface area contributed by atoms with Crippen molar-refractivity contribution in [3.63, 3.8) is 0 Å². The van der Waals surface area contributed by atoms with E-state index in [0.29, 0.717) is 5.41 Å². The maximum absolute atomic E-state index is 3.67. The molecule has 1 atom stereocenters. The predicted octanol–water partition coefficient (Wildman–Crippen LogP) is 2.93. The lowest BCUT2D eigenvalue weighted by molar-refractivity contribution is 0.276. The molecule has 1 fully saturated rings. The molecule has 17 heavy (non-hydrogen) atoms. The molecule has 1 aromatic rings. The Hall–Kier alpha value is -0.380. The minimum absolute atomic E-state index is 0.514. The number of aryl methyl sites for hydroxylation is 1. The topological polar surface area (TPSA) is 24.1 Å². The van der Waals surface area contributed by atoms with Crippen molar-refractivity contribution in [3.05, 3.63) is 21.9 Å². The highest BCUT2D eigenvalue weighted by molar-refractivity contribution is 7.10. The molecule has 0 aromatic carbocycles. The molecule has 0 saturated carbocycles. The molecule has 2 rings (SSSR count). The van der Waals surface area contributed by atoms with Crippen molar-refractivity contribution < 1.29 is 0 Å². The summed E-state index contributed by atoms with van der Waals surface area (Å²) >= 11 is 1.87. The van der Waals surface area contributed by atoms with Crippen LogP contribution >= 0.6 is 11.3 Å². The van der Waals surface area contributed by atoms with Crippen LogP contribution in [-0.4, -0.2) is 19.6 Å². The van der Waals surface area contributed by atoms with Crippen molar-refractivity contribution in [1.82, 2.24) is 10.6 Å². The number of nitrogens with one attached hydrogen (secondary N) is 2. The molecule has 2 heterocycles. The SMILES string of the molecule is CCCC1(CNCc2sccc2C)CCNC1. The van der Waals surface area contributed by atoms with Gasteiger partial charge in [0.1, 0.15) is 0 Å². The predicted molar refractivity (Wildman–Crippen MR) is 75.6 cm³/mol. The Balaban J connectivity index is 1.82. The highest BCUT2D eigenvalue weighted by atomic mass is 32.1. The van der Waals surface area contributed by atoms with E-state index in [1.54, 1.807) is 0 Å². The second-order valence-corrected chi connectivity index (χ2v) is 6.31. The van der Waals surface area contributed by atoms with Crippen LogP contribution in [-0.2, 0) is 6.54 Å². The molecule has 0 radical (unpaired) electrons. The van der Waals surface area contributed by atoms with Gasteiger partial charge < -0.3 is 10.6 Å². The zero-order valence-electron chi connectivity index (χ0n) is 11.0. The fourth-order valence-electron chi connectivity index (χ4n) is 2.80. The Morgan fingerprint density at radius 1 is 1.53 bits per heavy atom. The van der Waals surface area contributed by atoms with E-state index in [0.717, 1.165) is 13.1 Å². The van der Waals surface area contributed by atoms with Gasteiger partial charge in [-0.2, -0.15) is 0 Å². The van der Waals surface area contributed by atoms with Crippen LogP contribution in [0.15, 0.2) is 11.4 Å². The van der Waals surface area contributed by atoms with Gasteiger partial charge in [-0.1, -0.05) is 13.3 Å². The van der Waals surface area contributed by atoms with E-state index in [9.17, 15) is 0 Å². The third-order valence-corrected chi connectivity index (χ3v) is 4.89. The van der Waals surface area contributed by atoms with Crippen molar-refractivity contribution in [2.45, 2.75) is 39.7 Å². The first-order valence-electron chi connectivity index (χ1n) is 6.70. The maximum atomic E-state index is 3.67. The lowest BCUT2D eigenvalue weighted by Crippen LogP contribution is -2.35. The van der Waals surface area contributed by atoms with Crippen molar-refractivity contribution in [2.24, 2.45) is 5.41 Å². The van der Waals surface area contributed by atoms with Gasteiger partial charge in [0.2, 0.25) is 0 Å². The summed E-state index contributed by atoms with van der Waals surface area (Å²) in [7, 11) is 0. The number of thiophene rings is 1. The van der Waals surface area contributed by atoms with Gasteiger partial charge in [-0.3, -0.25) is 0 Å². The van der Waals surface area contributed by atoms with Crippen LogP contribution in [0.25, 0.3) is 0 Å². The largest absolute Gasteiger partial charge is 0.316 e. The van der Waals surface area contributed by atoms with Crippen LogP contribution in [0.4, 0.5) is 0 Å². The first-order chi connectivity index (χ1) is 8.26. The van der Waals surface area contributed by atoms with Crippen molar-refractivity contribution in [1.29, 1.82) is 0 Å². The fourth-order valence-corrected chi connectivity index (χ4v) is 3.68. The van der Waals surface area contributed by atoms with Crippen LogP contribution in [0, 0.1) is 12.3 Å². The molecular formula is C14H24N2S. The molecule has 96 valence electrons. The van der Waals surface area contributed by atoms with Gasteiger partial charge in [0.25, 0.3) is 0 Å². The molecule has 1 aliphatic heterocycles. The van der Waals surface area contributed by atoms with E-state index < -0.39 is 0 Å². The molecule has 1 aliphatic rings. The highest BCUT2D eigenvalue weighted by Crippen LogP contribution is 2.30. The fraction of sp³-hybridized carbons (Fsp3) is 0.714. The monoisotopic (exact) mass is 252 g/mol. The van der Waals surface area contributed by atoms with E-state index in [1.807, 2.05) is 11.3 Å². The van der Waals surface area contributed by atoms with E-state index in [4.69, 9.17) is 0 Å². The molecule has 2 nitrogen and oxygen atoms in total. The Morgan fingerprint density at radius 3 is 3.00 bits per heavy atom. The quantitative estimate of drug-likeness (QED) is 0.813. The molecule has 0 aliphatic carbocycles. The average Bonchev–Trinajstić information content (AvgIpc) is 2.91. The smallest absolute Gasteiger partial charge is 0.0302 e. The van der Waals surface area contributed by atoms with Crippen molar-refractivity contribution >= 4 is 11.3 Å². The lowest BCUT2D eigenvalue weighted by atomic mass is 9.82. The normalized spacial score (nSPS) is 24.4. The number of hydrogen-bond acceptors (Lipinski definition) is 3. The van der Waals surface area contributed by atoms with E-state index in [-0.39, 0.29) is 0 Å². The first kappa shape index (κ1) is 13.1. The van der Waals surface area contributed by atoms with Crippen molar-refractivity contribution in [2.75, 3.05) is 19.6 Å². The summed E-state index contributed by atoms with van der Waals surface area (Å²) in [5.74, 6) is 0. The molecule has 1 saturated heterocycles. The Bertz CT molecular complexity index is 340. The number of hydrogen-bond donors (Lipinski definition) is 2. The molecule has 0 amide bonds. The van der Waals surface area contributed by atoms with Gasteiger partial charge in [-0.25, -0.2) is 0 Å². The lowest BCUT2D eigenvalue weighted by Gasteiger charge is -2.28. The van der Waals surface area contributed by atoms with Crippen LogP contribution in [0.1, 0.15) is 36.6 Å². The van der Waals surface area contributed by atoms with E-state index >= 15 is 0 Å². The molecule has 0 bridgehead atoms. The van der Waals surface area contributed by atoms with Gasteiger partial charge in [0.15, 0.2) is 0 Å². The molecule has 0 spiro atoms. The van der Waals surface area contributed by atoms with Crippen LogP contribution in [0.2, 0.25) is 0 Å². The first-order valence-corrected chi connectivity index (χ1v) is 7.58. The second-order valence-electron chi connectivity index (χ2n) is 5.31. The summed E-state index contributed by atoms with van der Waals surface area (Å²) in [5, 5.41) is 9.37. The van der Waals surface area contributed by atoms with Crippen molar-refractivity contribution in [3.8, 4) is 0 Å². The van der Waals surface area contributed by atoms with E-state index in [2.05, 4.69) is 35.9 Å². The van der Waals surface area contributed by atoms with Crippen LogP contribution in [0.3, 0.4) is 0 Å². The Kier molecular flexibility index (Phi) is 4.60. The zero-order chi connectivity index (χ0) is 12.1. The summed E-state index contributed by atoms with van der Waals surface area (Å²) in [6.45, 7) is 9.08. The average molecular weight is 252 g/mol. The van der Waals surface area contributed by atoms with Gasteiger partial charge >= 0.3 is 0 Å². The molecule has 1 unspecified atom stereocenters. The summed E-state index contributed by atoms with van der Waals surface area (Å²) in [6.07, 6.45) is 3.97. The summed E-state index contributed by atoms with van der Waals surface area (Å²) < 4.78 is 0. The Labute approximate surface area is 109 Å². The minimum Gasteiger partial charge on any atom is -0.316 e. The third-order valence-electron chi connectivity index (χ3n) is 3.87. The van der Waals surface area contributed by atoms with Gasteiger partial charge in [0, 0.05) is 24.5 Å². The van der Waals surface area contributed by atoms with Gasteiger partial charge in [-0.05, 0) is 48.7 Å². The summed E-state index contributed by atoms with van der Waals surface area (Å²) in [5.41, 5.74) is 1.94. The zero-order valence-corrected chi connectivity index (χ0v) is 11.8. The molecule has 3 heteroatoms. The molecule has 1 aromatic heterocycles. The minimum atomic E-state index is 0.514. The highest BCUT2D eigenvalue weighted by Gasteiger charge is 2.32. The second kappa shape index (κ2) is 5.98. The van der Waals surface area contributed by atoms with E-state index in [1.165, 1.54) is 42.8 Å². The molecular weight excluding hydrogens is 228 g/mol. The Morgan fingerprint density at radius 2 is 2.41 bits per heavy atom. The van der Waals surface area contributed by atoms with Crippen LogP contribution in [0.5, 0.6) is 0 Å².